The van der Waals surface area contributed by atoms with Crippen molar-refractivity contribution in [1.82, 2.24) is 24.9 Å². The number of carbonyl (C=O) groups excluding carboxylic acids is 1. The Labute approximate surface area is 166 Å². The Morgan fingerprint density at radius 1 is 1.38 bits per heavy atom. The quantitative estimate of drug-likeness (QED) is 0.497. The van der Waals surface area contributed by atoms with Crippen molar-refractivity contribution in [1.29, 1.82) is 0 Å². The first-order valence-corrected chi connectivity index (χ1v) is 9.44. The summed E-state index contributed by atoms with van der Waals surface area (Å²) in [4.78, 5) is 31.9. The molecule has 4 rings (SSSR count). The number of aromatic amines is 1. The lowest BCUT2D eigenvalue weighted by molar-refractivity contribution is 0.0916. The van der Waals surface area contributed by atoms with Crippen molar-refractivity contribution >= 4 is 28.9 Å². The third-order valence-electron chi connectivity index (χ3n) is 5.11. The van der Waals surface area contributed by atoms with E-state index in [0.717, 1.165) is 19.3 Å². The lowest BCUT2D eigenvalue weighted by atomic mass is 10.2. The summed E-state index contributed by atoms with van der Waals surface area (Å²) in [5, 5.41) is 13.4. The van der Waals surface area contributed by atoms with Crippen LogP contribution in [0.3, 0.4) is 0 Å². The largest absolute Gasteiger partial charge is 0.381 e. The molecule has 0 saturated heterocycles. The maximum Gasteiger partial charge on any atom is 0.271 e. The summed E-state index contributed by atoms with van der Waals surface area (Å²) in [6, 6.07) is 5.15. The molecule has 10 nitrogen and oxygen atoms in total. The molecule has 2 atom stereocenters. The molecule has 0 aliphatic heterocycles. The van der Waals surface area contributed by atoms with Crippen molar-refractivity contribution in [2.75, 3.05) is 24.8 Å². The van der Waals surface area contributed by atoms with E-state index in [9.17, 15) is 9.59 Å². The van der Waals surface area contributed by atoms with Crippen LogP contribution in [0, 0.1) is 0 Å². The van der Waals surface area contributed by atoms with Gasteiger partial charge in [-0.15, -0.1) is 0 Å². The van der Waals surface area contributed by atoms with E-state index in [2.05, 4.69) is 31.0 Å². The van der Waals surface area contributed by atoms with E-state index >= 15 is 0 Å². The second kappa shape index (κ2) is 7.92. The predicted octanol–water partition coefficient (Wildman–Crippen LogP) is 1.50. The highest BCUT2D eigenvalue weighted by atomic mass is 16.5. The molecule has 3 heterocycles. The molecule has 1 aliphatic carbocycles. The summed E-state index contributed by atoms with van der Waals surface area (Å²) in [5.41, 5.74) is 0.854. The average molecular weight is 397 g/mol. The lowest BCUT2D eigenvalue weighted by Gasteiger charge is -2.13. The maximum absolute atomic E-state index is 12.9. The third-order valence-corrected chi connectivity index (χ3v) is 5.11. The molecule has 10 heteroatoms. The number of anilines is 3. The van der Waals surface area contributed by atoms with Gasteiger partial charge in [0, 0.05) is 32.5 Å². The Kier molecular flexibility index (Phi) is 5.17. The molecule has 0 aromatic carbocycles. The van der Waals surface area contributed by atoms with Gasteiger partial charge in [0.1, 0.15) is 22.9 Å². The topological polar surface area (TPSA) is 125 Å². The van der Waals surface area contributed by atoms with Crippen LogP contribution in [-0.4, -0.2) is 51.8 Å². The van der Waals surface area contributed by atoms with Crippen LogP contribution in [0.5, 0.6) is 0 Å². The molecule has 3 aromatic rings. The van der Waals surface area contributed by atoms with Crippen molar-refractivity contribution in [3.8, 4) is 0 Å². The van der Waals surface area contributed by atoms with Crippen LogP contribution in [0.2, 0.25) is 0 Å². The van der Waals surface area contributed by atoms with Crippen LogP contribution in [0.25, 0.3) is 5.65 Å². The van der Waals surface area contributed by atoms with E-state index in [1.165, 1.54) is 6.20 Å². The minimum absolute atomic E-state index is 0.0651. The van der Waals surface area contributed by atoms with E-state index in [1.54, 1.807) is 43.1 Å². The number of fused-ring (bicyclic) bond motifs is 1. The van der Waals surface area contributed by atoms with Crippen LogP contribution in [0.1, 0.15) is 29.6 Å². The number of pyridine rings is 1. The zero-order valence-corrected chi connectivity index (χ0v) is 16.2. The fraction of sp³-hybridized carbons (Fsp3) is 0.368. The van der Waals surface area contributed by atoms with Crippen LogP contribution in [0.4, 0.5) is 17.3 Å². The third kappa shape index (κ3) is 3.79. The van der Waals surface area contributed by atoms with Crippen molar-refractivity contribution in [2.45, 2.75) is 31.4 Å². The molecule has 1 fully saturated rings. The fourth-order valence-electron chi connectivity index (χ4n) is 3.57. The van der Waals surface area contributed by atoms with Gasteiger partial charge in [-0.25, -0.2) is 4.98 Å². The summed E-state index contributed by atoms with van der Waals surface area (Å²) < 4.78 is 6.93. The van der Waals surface area contributed by atoms with Crippen LogP contribution < -0.4 is 21.5 Å². The second-order valence-electron chi connectivity index (χ2n) is 6.95. The Balaban J connectivity index is 1.64. The van der Waals surface area contributed by atoms with Gasteiger partial charge in [0.2, 0.25) is 0 Å². The minimum Gasteiger partial charge on any atom is -0.381 e. The molecule has 1 unspecified atom stereocenters. The normalized spacial score (nSPS) is 18.7. The van der Waals surface area contributed by atoms with E-state index in [1.807, 2.05) is 0 Å². The van der Waals surface area contributed by atoms with Gasteiger partial charge in [-0.1, -0.05) is 0 Å². The van der Waals surface area contributed by atoms with E-state index in [-0.39, 0.29) is 23.6 Å². The molecule has 0 bridgehead atoms. The van der Waals surface area contributed by atoms with Gasteiger partial charge in [0.25, 0.3) is 11.5 Å². The SMILES string of the molecule is CNc1cc(Nc2ccc[nH]c2=O)nc2c(C(=O)NC3CC[C@@H](OC)C3)cnn12. The zero-order chi connectivity index (χ0) is 20.4. The molecule has 29 heavy (non-hydrogen) atoms. The second-order valence-corrected chi connectivity index (χ2v) is 6.95. The monoisotopic (exact) mass is 397 g/mol. The highest BCUT2D eigenvalue weighted by Crippen LogP contribution is 2.23. The number of rotatable bonds is 6. The van der Waals surface area contributed by atoms with Crippen molar-refractivity contribution < 1.29 is 9.53 Å². The minimum atomic E-state index is -0.263. The Morgan fingerprint density at radius 3 is 2.97 bits per heavy atom. The highest BCUT2D eigenvalue weighted by Gasteiger charge is 2.27. The van der Waals surface area contributed by atoms with E-state index in [4.69, 9.17) is 4.74 Å². The van der Waals surface area contributed by atoms with Crippen LogP contribution in [0.15, 0.2) is 35.4 Å². The number of nitrogens with zero attached hydrogens (tertiary/aromatic N) is 3. The summed E-state index contributed by atoms with van der Waals surface area (Å²) in [7, 11) is 3.44. The van der Waals surface area contributed by atoms with Gasteiger partial charge in [-0.3, -0.25) is 9.59 Å². The van der Waals surface area contributed by atoms with Crippen LogP contribution in [-0.2, 0) is 4.74 Å². The Bertz CT molecular complexity index is 1090. The number of carbonyl (C=O) groups is 1. The molecule has 0 radical (unpaired) electrons. The summed E-state index contributed by atoms with van der Waals surface area (Å²) in [6.07, 6.45) is 5.83. The van der Waals surface area contributed by atoms with Gasteiger partial charge >= 0.3 is 0 Å². The fourth-order valence-corrected chi connectivity index (χ4v) is 3.57. The summed E-state index contributed by atoms with van der Waals surface area (Å²) in [6.45, 7) is 0. The summed E-state index contributed by atoms with van der Waals surface area (Å²) in [5.74, 6) is 0.823. The standard InChI is InChI=1S/C19H23N7O3/c1-20-16-9-15(24-14-4-3-7-21-19(14)28)25-17-13(10-22-26(16)17)18(27)23-11-5-6-12(8-11)29-2/h3-4,7,9-12,20H,5-6,8H2,1-2H3,(H,21,28)(H,23,27)(H,24,25)/t11?,12-/m1/s1. The van der Waals surface area contributed by atoms with Gasteiger partial charge in [0.15, 0.2) is 5.65 Å². The zero-order valence-electron chi connectivity index (χ0n) is 16.2. The molecular formula is C19H23N7O3. The molecule has 4 N–H and O–H groups in total. The molecular weight excluding hydrogens is 374 g/mol. The Morgan fingerprint density at radius 2 is 2.24 bits per heavy atom. The predicted molar refractivity (Wildman–Crippen MR) is 109 cm³/mol. The van der Waals surface area contributed by atoms with Crippen molar-refractivity contribution in [3.63, 3.8) is 0 Å². The first kappa shape index (κ1) is 18.9. The van der Waals surface area contributed by atoms with Gasteiger partial charge < -0.3 is 25.7 Å². The van der Waals surface area contributed by atoms with Gasteiger partial charge in [-0.05, 0) is 31.4 Å². The van der Waals surface area contributed by atoms with Gasteiger partial charge in [-0.2, -0.15) is 9.61 Å². The highest BCUT2D eigenvalue weighted by molar-refractivity contribution is 6.00. The summed E-state index contributed by atoms with van der Waals surface area (Å²) >= 11 is 0. The molecule has 0 spiro atoms. The molecule has 3 aromatic heterocycles. The van der Waals surface area contributed by atoms with Gasteiger partial charge in [0.05, 0.1) is 12.3 Å². The van der Waals surface area contributed by atoms with E-state index < -0.39 is 0 Å². The number of H-pyrrole nitrogens is 1. The number of methoxy groups -OCH3 is 1. The molecule has 152 valence electrons. The van der Waals surface area contributed by atoms with Crippen LogP contribution >= 0.6 is 0 Å². The first-order valence-electron chi connectivity index (χ1n) is 9.44. The average Bonchev–Trinajstić information content (AvgIpc) is 3.35. The molecule has 1 aliphatic rings. The Hall–Kier alpha value is -3.40. The first-order chi connectivity index (χ1) is 14.1. The number of hydrogen-bond donors (Lipinski definition) is 4. The number of ether oxygens (including phenoxy) is 1. The number of amides is 1. The van der Waals surface area contributed by atoms with Crippen molar-refractivity contribution in [2.24, 2.45) is 0 Å². The molecule has 1 saturated carbocycles. The lowest BCUT2D eigenvalue weighted by Crippen LogP contribution is -2.33. The molecule has 1 amide bonds. The number of hydrogen-bond acceptors (Lipinski definition) is 7. The van der Waals surface area contributed by atoms with Crippen molar-refractivity contribution in [3.05, 3.63) is 46.5 Å². The van der Waals surface area contributed by atoms with E-state index in [0.29, 0.717) is 28.5 Å². The smallest absolute Gasteiger partial charge is 0.271 e. The maximum atomic E-state index is 12.9. The number of nitrogens with one attached hydrogen (secondary N) is 4. The number of aromatic nitrogens is 4.